The van der Waals surface area contributed by atoms with Crippen molar-refractivity contribution in [2.45, 2.75) is 84.5 Å². The molecule has 0 spiro atoms. The Morgan fingerprint density at radius 1 is 1.28 bits per heavy atom. The first-order chi connectivity index (χ1) is 14.6. The zero-order valence-corrected chi connectivity index (χ0v) is 21.8. The number of amides is 1. The summed E-state index contributed by atoms with van der Waals surface area (Å²) in [5.74, 6) is -0.424. The second-order valence-electron chi connectivity index (χ2n) is 11.6. The Labute approximate surface area is 193 Å². The minimum atomic E-state index is -2.06. The summed E-state index contributed by atoms with van der Waals surface area (Å²) in [6.45, 7) is 18.1. The standard InChI is InChI=1S/C25H39FN2O3Si/c1-24(2,3)22-20(16-31-32(7,8)25(4,5)6)19(12-14-28(22)23(29)30)17-9-10-21(26)18(15-17)11-13-27/h9-10,15,19-20,22H,11-12,14,16H2,1-8H3,(H,29,30)/t19-,20-,22?/m0/s1. The van der Waals surface area contributed by atoms with Crippen LogP contribution in [-0.2, 0) is 10.8 Å². The van der Waals surface area contributed by atoms with Gasteiger partial charge in [0, 0.05) is 30.7 Å². The van der Waals surface area contributed by atoms with Crippen LogP contribution in [-0.4, -0.2) is 43.6 Å². The molecule has 1 amide bonds. The molecule has 1 saturated heterocycles. The highest BCUT2D eigenvalue weighted by molar-refractivity contribution is 6.74. The van der Waals surface area contributed by atoms with Gasteiger partial charge in [0.15, 0.2) is 8.32 Å². The first-order valence-corrected chi connectivity index (χ1v) is 14.3. The molecule has 1 unspecified atom stereocenters. The molecule has 7 heteroatoms. The Hall–Kier alpha value is -1.91. The van der Waals surface area contributed by atoms with Crippen molar-refractivity contribution in [1.29, 1.82) is 5.26 Å². The highest BCUT2D eigenvalue weighted by Gasteiger charge is 2.48. The Balaban J connectivity index is 2.53. The molecule has 0 radical (unpaired) electrons. The number of carbonyl (C=O) groups is 1. The molecular formula is C25H39FN2O3Si. The second kappa shape index (κ2) is 9.52. The molecule has 0 aliphatic carbocycles. The lowest BCUT2D eigenvalue weighted by Gasteiger charge is -2.51. The quantitative estimate of drug-likeness (QED) is 0.513. The SMILES string of the molecule is CC(C)(C)C1[C@@H](CO[Si](C)(C)C(C)(C)C)[C@H](c2ccc(F)c(CC#N)c2)CCN1C(=O)O. The van der Waals surface area contributed by atoms with E-state index >= 15 is 0 Å². The lowest BCUT2D eigenvalue weighted by molar-refractivity contribution is -0.00645. The summed E-state index contributed by atoms with van der Waals surface area (Å²) >= 11 is 0. The minimum Gasteiger partial charge on any atom is -0.465 e. The molecule has 1 fully saturated rings. The molecule has 0 aromatic heterocycles. The predicted octanol–water partition coefficient (Wildman–Crippen LogP) is 6.41. The fourth-order valence-corrected chi connectivity index (χ4v) is 5.64. The maximum Gasteiger partial charge on any atom is 0.407 e. The smallest absolute Gasteiger partial charge is 0.407 e. The Morgan fingerprint density at radius 2 is 1.91 bits per heavy atom. The van der Waals surface area contributed by atoms with E-state index in [0.717, 1.165) is 5.56 Å². The van der Waals surface area contributed by atoms with Crippen LogP contribution in [0.3, 0.4) is 0 Å². The molecule has 1 aliphatic heterocycles. The van der Waals surface area contributed by atoms with E-state index in [1.807, 2.05) is 6.07 Å². The Bertz CT molecular complexity index is 867. The van der Waals surface area contributed by atoms with Crippen molar-refractivity contribution in [2.75, 3.05) is 13.2 Å². The van der Waals surface area contributed by atoms with Crippen molar-refractivity contribution in [2.24, 2.45) is 11.3 Å². The highest BCUT2D eigenvalue weighted by atomic mass is 28.4. The number of hydrogen-bond donors (Lipinski definition) is 1. The topological polar surface area (TPSA) is 73.6 Å². The van der Waals surface area contributed by atoms with Crippen LogP contribution in [0.2, 0.25) is 18.1 Å². The van der Waals surface area contributed by atoms with Crippen LogP contribution in [0.4, 0.5) is 9.18 Å². The van der Waals surface area contributed by atoms with Gasteiger partial charge in [0.25, 0.3) is 0 Å². The third kappa shape index (κ3) is 5.71. The minimum absolute atomic E-state index is 0.0154. The van der Waals surface area contributed by atoms with E-state index in [1.165, 1.54) is 6.07 Å². The number of likely N-dealkylation sites (tertiary alicyclic amines) is 1. The normalized spacial score (nSPS) is 22.5. The van der Waals surface area contributed by atoms with Gasteiger partial charge in [-0.3, -0.25) is 0 Å². The fourth-order valence-electron chi connectivity index (χ4n) is 4.60. The van der Waals surface area contributed by atoms with E-state index in [0.29, 0.717) is 25.1 Å². The summed E-state index contributed by atoms with van der Waals surface area (Å²) in [6.07, 6.45) is -0.256. The van der Waals surface area contributed by atoms with Gasteiger partial charge in [0.05, 0.1) is 12.5 Å². The molecule has 178 valence electrons. The van der Waals surface area contributed by atoms with Crippen molar-refractivity contribution in [1.82, 2.24) is 4.90 Å². The van der Waals surface area contributed by atoms with Gasteiger partial charge in [0.1, 0.15) is 5.82 Å². The van der Waals surface area contributed by atoms with Crippen molar-refractivity contribution < 1.29 is 18.7 Å². The molecule has 0 saturated carbocycles. The lowest BCUT2D eigenvalue weighted by atomic mass is 9.68. The zero-order chi connectivity index (χ0) is 24.5. The van der Waals surface area contributed by atoms with Crippen LogP contribution < -0.4 is 0 Å². The fraction of sp³-hybridized carbons (Fsp3) is 0.680. The number of nitrogens with zero attached hydrogens (tertiary/aromatic N) is 2. The summed E-state index contributed by atoms with van der Waals surface area (Å²) in [6, 6.07) is 6.81. The van der Waals surface area contributed by atoms with Crippen LogP contribution >= 0.6 is 0 Å². The average molecular weight is 463 g/mol. The number of piperidine rings is 1. The van der Waals surface area contributed by atoms with Crippen molar-refractivity contribution in [3.05, 3.63) is 35.1 Å². The molecule has 0 bridgehead atoms. The molecule has 5 nitrogen and oxygen atoms in total. The monoisotopic (exact) mass is 462 g/mol. The van der Waals surface area contributed by atoms with Gasteiger partial charge in [0.2, 0.25) is 0 Å². The van der Waals surface area contributed by atoms with Crippen LogP contribution in [0, 0.1) is 28.5 Å². The lowest BCUT2D eigenvalue weighted by Crippen LogP contribution is -2.58. The number of benzene rings is 1. The number of halogens is 1. The van der Waals surface area contributed by atoms with Crippen LogP contribution in [0.25, 0.3) is 0 Å². The van der Waals surface area contributed by atoms with Crippen molar-refractivity contribution >= 4 is 14.4 Å². The largest absolute Gasteiger partial charge is 0.465 e. The van der Waals surface area contributed by atoms with E-state index in [-0.39, 0.29) is 40.6 Å². The van der Waals surface area contributed by atoms with E-state index in [9.17, 15) is 14.3 Å². The van der Waals surface area contributed by atoms with Gasteiger partial charge < -0.3 is 14.4 Å². The molecule has 32 heavy (non-hydrogen) atoms. The van der Waals surface area contributed by atoms with E-state index in [4.69, 9.17) is 9.69 Å². The Kier molecular flexibility index (Phi) is 7.84. The molecular weight excluding hydrogens is 423 g/mol. The molecule has 1 heterocycles. The maximum atomic E-state index is 14.2. The average Bonchev–Trinajstić information content (AvgIpc) is 2.65. The zero-order valence-electron chi connectivity index (χ0n) is 20.8. The van der Waals surface area contributed by atoms with Crippen molar-refractivity contribution in [3.8, 4) is 6.07 Å². The summed E-state index contributed by atoms with van der Waals surface area (Å²) in [5, 5.41) is 19.1. The van der Waals surface area contributed by atoms with E-state index in [1.54, 1.807) is 17.0 Å². The highest BCUT2D eigenvalue weighted by Crippen LogP contribution is 2.45. The van der Waals surface area contributed by atoms with Gasteiger partial charge >= 0.3 is 6.09 Å². The number of carboxylic acid groups (broad SMARTS) is 1. The summed E-state index contributed by atoms with van der Waals surface area (Å²) in [5.41, 5.74) is 1.05. The summed E-state index contributed by atoms with van der Waals surface area (Å²) in [7, 11) is -2.06. The number of hydrogen-bond acceptors (Lipinski definition) is 3. The molecule has 2 rings (SSSR count). The molecule has 3 atom stereocenters. The van der Waals surface area contributed by atoms with Gasteiger partial charge in [-0.25, -0.2) is 9.18 Å². The first-order valence-electron chi connectivity index (χ1n) is 11.4. The van der Waals surface area contributed by atoms with Gasteiger partial charge in [-0.2, -0.15) is 5.26 Å². The van der Waals surface area contributed by atoms with Gasteiger partial charge in [-0.15, -0.1) is 0 Å². The third-order valence-corrected chi connectivity index (χ3v) is 11.8. The summed E-state index contributed by atoms with van der Waals surface area (Å²) < 4.78 is 20.9. The molecule has 1 N–H and O–H groups in total. The van der Waals surface area contributed by atoms with Crippen molar-refractivity contribution in [3.63, 3.8) is 0 Å². The second-order valence-corrected chi connectivity index (χ2v) is 16.4. The van der Waals surface area contributed by atoms with Crippen LogP contribution in [0.5, 0.6) is 0 Å². The van der Waals surface area contributed by atoms with E-state index < -0.39 is 14.4 Å². The van der Waals surface area contributed by atoms with Gasteiger partial charge in [-0.05, 0) is 47.5 Å². The maximum absolute atomic E-state index is 14.2. The van der Waals surface area contributed by atoms with Crippen LogP contribution in [0.1, 0.15) is 65.0 Å². The third-order valence-electron chi connectivity index (χ3n) is 7.28. The molecule has 1 aliphatic rings. The molecule has 1 aromatic rings. The predicted molar refractivity (Wildman–Crippen MR) is 128 cm³/mol. The first kappa shape index (κ1) is 26.3. The Morgan fingerprint density at radius 3 is 2.41 bits per heavy atom. The number of rotatable bonds is 5. The molecule has 1 aromatic carbocycles. The summed E-state index contributed by atoms with van der Waals surface area (Å²) in [4.78, 5) is 13.7. The number of nitriles is 1. The van der Waals surface area contributed by atoms with Gasteiger partial charge in [-0.1, -0.05) is 53.7 Å². The van der Waals surface area contributed by atoms with Crippen LogP contribution in [0.15, 0.2) is 18.2 Å². The van der Waals surface area contributed by atoms with E-state index in [2.05, 4.69) is 54.6 Å².